The number of H-pyrrole nitrogens is 1. The first kappa shape index (κ1) is 21.6. The van der Waals surface area contributed by atoms with Crippen LogP contribution in [0.5, 0.6) is 0 Å². The number of thioether (sulfide) groups is 2. The number of nitrogens with zero attached hydrogens (tertiary/aromatic N) is 3. The molecule has 0 aliphatic rings. The van der Waals surface area contributed by atoms with E-state index in [4.69, 9.17) is 0 Å². The molecule has 0 fully saturated rings. The van der Waals surface area contributed by atoms with Gasteiger partial charge in [-0.3, -0.25) is 4.79 Å². The fraction of sp³-hybridized carbons (Fsp3) is 0.429. The van der Waals surface area contributed by atoms with Crippen molar-refractivity contribution in [3.63, 3.8) is 0 Å². The van der Waals surface area contributed by atoms with E-state index >= 15 is 0 Å². The monoisotopic (exact) mass is 429 g/mol. The van der Waals surface area contributed by atoms with Crippen LogP contribution in [-0.4, -0.2) is 44.1 Å². The van der Waals surface area contributed by atoms with Gasteiger partial charge in [-0.15, -0.1) is 0 Å². The van der Waals surface area contributed by atoms with Crippen molar-refractivity contribution in [2.75, 3.05) is 18.3 Å². The molecule has 6 nitrogen and oxygen atoms in total. The molecule has 1 atom stereocenters. The Labute approximate surface area is 180 Å². The minimum absolute atomic E-state index is 0.0179. The summed E-state index contributed by atoms with van der Waals surface area (Å²) in [5.41, 5.74) is 4.87. The lowest BCUT2D eigenvalue weighted by atomic mass is 10.1. The highest BCUT2D eigenvalue weighted by Gasteiger charge is 2.19. The summed E-state index contributed by atoms with van der Waals surface area (Å²) in [6.07, 6.45) is 5.90. The van der Waals surface area contributed by atoms with E-state index in [0.717, 1.165) is 51.1 Å². The minimum atomic E-state index is -0.125. The molecule has 1 aromatic carbocycles. The predicted molar refractivity (Wildman–Crippen MR) is 122 cm³/mol. The van der Waals surface area contributed by atoms with Gasteiger partial charge in [-0.2, -0.15) is 11.8 Å². The molecule has 0 spiro atoms. The summed E-state index contributed by atoms with van der Waals surface area (Å²) < 4.78 is 0. The molecule has 29 heavy (non-hydrogen) atoms. The summed E-state index contributed by atoms with van der Waals surface area (Å²) in [5, 5.41) is 3.94. The van der Waals surface area contributed by atoms with Gasteiger partial charge in [0.25, 0.3) is 0 Å². The Morgan fingerprint density at radius 2 is 1.86 bits per heavy atom. The first-order valence-corrected chi connectivity index (χ1v) is 12.2. The van der Waals surface area contributed by atoms with Gasteiger partial charge < -0.3 is 10.3 Å². The fourth-order valence-corrected chi connectivity index (χ4v) is 4.25. The van der Waals surface area contributed by atoms with Crippen LogP contribution in [0.1, 0.15) is 41.7 Å². The van der Waals surface area contributed by atoms with Gasteiger partial charge in [0.1, 0.15) is 5.82 Å². The number of nitrogens with one attached hydrogen (secondary N) is 2. The number of carbonyl (C=O) groups excluding carboxylic acids is 1. The lowest BCUT2D eigenvalue weighted by molar-refractivity contribution is -0.121. The van der Waals surface area contributed by atoms with Crippen LogP contribution < -0.4 is 5.32 Å². The van der Waals surface area contributed by atoms with Crippen LogP contribution in [0.15, 0.2) is 29.4 Å². The second-order valence-corrected chi connectivity index (χ2v) is 8.66. The number of aryl methyl sites for hydroxylation is 2. The number of carbonyl (C=O) groups is 1. The molecular weight excluding hydrogens is 402 g/mol. The zero-order valence-corrected chi connectivity index (χ0v) is 18.9. The molecule has 0 saturated heterocycles. The molecule has 3 rings (SSSR count). The summed E-state index contributed by atoms with van der Waals surface area (Å²) >= 11 is 3.30. The van der Waals surface area contributed by atoms with Crippen LogP contribution in [0.25, 0.3) is 11.0 Å². The summed E-state index contributed by atoms with van der Waals surface area (Å²) in [6, 6.07) is 7.81. The second-order valence-electron chi connectivity index (χ2n) is 6.90. The number of aromatic amines is 1. The first-order chi connectivity index (χ1) is 14.0. The lowest BCUT2D eigenvalue weighted by Crippen LogP contribution is -2.30. The van der Waals surface area contributed by atoms with E-state index in [-0.39, 0.29) is 11.9 Å². The van der Waals surface area contributed by atoms with E-state index < -0.39 is 0 Å². The quantitative estimate of drug-likeness (QED) is 0.391. The number of amides is 1. The van der Waals surface area contributed by atoms with Gasteiger partial charge in [0.05, 0.1) is 17.1 Å². The Morgan fingerprint density at radius 3 is 2.52 bits per heavy atom. The maximum atomic E-state index is 12.7. The van der Waals surface area contributed by atoms with Crippen LogP contribution in [0, 0.1) is 13.8 Å². The van der Waals surface area contributed by atoms with Crippen molar-refractivity contribution in [1.82, 2.24) is 25.3 Å². The van der Waals surface area contributed by atoms with Gasteiger partial charge in [0, 0.05) is 17.8 Å². The summed E-state index contributed by atoms with van der Waals surface area (Å²) in [4.78, 5) is 29.8. The van der Waals surface area contributed by atoms with Crippen LogP contribution in [0.4, 0.5) is 0 Å². The maximum absolute atomic E-state index is 12.7. The second kappa shape index (κ2) is 10.1. The number of hydrogen-bond donors (Lipinski definition) is 2. The Kier molecular flexibility index (Phi) is 7.55. The SMILES string of the molecule is CSCC[C@H](NC(=O)CCc1c(C)nc(SC)nc1C)c1nc2ccccc2[nH]1. The van der Waals surface area contributed by atoms with E-state index in [1.807, 2.05) is 44.4 Å². The Hall–Kier alpha value is -2.06. The number of imidazole rings is 1. The van der Waals surface area contributed by atoms with Crippen LogP contribution >= 0.6 is 23.5 Å². The molecule has 0 aliphatic heterocycles. The molecule has 0 unspecified atom stereocenters. The minimum Gasteiger partial charge on any atom is -0.346 e. The molecule has 0 bridgehead atoms. The standard InChI is InChI=1S/C21H27N5OS2/c1-13-15(14(2)23-21(22-13)29-4)9-10-19(27)24-18(11-12-28-3)20-25-16-7-5-6-8-17(16)26-20/h5-8,18H,9-12H2,1-4H3,(H,24,27)(H,25,26)/t18-/m0/s1. The summed E-state index contributed by atoms with van der Waals surface area (Å²) in [6.45, 7) is 3.97. The average molecular weight is 430 g/mol. The van der Waals surface area contributed by atoms with Crippen molar-refractivity contribution in [2.45, 2.75) is 44.3 Å². The topological polar surface area (TPSA) is 83.6 Å². The molecule has 1 amide bonds. The Morgan fingerprint density at radius 1 is 1.14 bits per heavy atom. The molecule has 0 aliphatic carbocycles. The lowest BCUT2D eigenvalue weighted by Gasteiger charge is -2.17. The highest BCUT2D eigenvalue weighted by molar-refractivity contribution is 7.98. The molecule has 0 radical (unpaired) electrons. The third-order valence-electron chi connectivity index (χ3n) is 4.87. The molecule has 0 saturated carbocycles. The Bertz CT molecular complexity index is 932. The molecular formula is C21H27N5OS2. The first-order valence-electron chi connectivity index (χ1n) is 9.63. The summed E-state index contributed by atoms with van der Waals surface area (Å²) in [7, 11) is 0. The van der Waals surface area contributed by atoms with Crippen LogP contribution in [0.2, 0.25) is 0 Å². The zero-order chi connectivity index (χ0) is 20.8. The average Bonchev–Trinajstić information content (AvgIpc) is 3.14. The van der Waals surface area contributed by atoms with Gasteiger partial charge in [-0.25, -0.2) is 15.0 Å². The highest BCUT2D eigenvalue weighted by atomic mass is 32.2. The largest absolute Gasteiger partial charge is 0.346 e. The smallest absolute Gasteiger partial charge is 0.220 e. The van der Waals surface area contributed by atoms with Crippen molar-refractivity contribution in [2.24, 2.45) is 0 Å². The van der Waals surface area contributed by atoms with Crippen LogP contribution in [-0.2, 0) is 11.2 Å². The van der Waals surface area contributed by atoms with Crippen molar-refractivity contribution < 1.29 is 4.79 Å². The van der Waals surface area contributed by atoms with Gasteiger partial charge in [-0.05, 0) is 62.6 Å². The number of para-hydroxylation sites is 2. The molecule has 8 heteroatoms. The third kappa shape index (κ3) is 5.51. The van der Waals surface area contributed by atoms with Crippen molar-refractivity contribution >= 4 is 40.5 Å². The van der Waals surface area contributed by atoms with Crippen LogP contribution in [0.3, 0.4) is 0 Å². The molecule has 2 N–H and O–H groups in total. The Balaban J connectivity index is 1.69. The van der Waals surface area contributed by atoms with E-state index in [1.165, 1.54) is 11.8 Å². The normalized spacial score (nSPS) is 12.3. The van der Waals surface area contributed by atoms with E-state index in [2.05, 4.69) is 31.5 Å². The number of benzene rings is 1. The molecule has 2 aromatic heterocycles. The van der Waals surface area contributed by atoms with Gasteiger partial charge >= 0.3 is 0 Å². The van der Waals surface area contributed by atoms with Gasteiger partial charge in [-0.1, -0.05) is 23.9 Å². The van der Waals surface area contributed by atoms with Gasteiger partial charge in [0.2, 0.25) is 5.91 Å². The van der Waals surface area contributed by atoms with E-state index in [0.29, 0.717) is 12.8 Å². The molecule has 154 valence electrons. The summed E-state index contributed by atoms with van der Waals surface area (Å²) in [5.74, 6) is 1.78. The fourth-order valence-electron chi connectivity index (χ4n) is 3.32. The number of rotatable bonds is 9. The zero-order valence-electron chi connectivity index (χ0n) is 17.3. The number of hydrogen-bond acceptors (Lipinski definition) is 6. The maximum Gasteiger partial charge on any atom is 0.220 e. The van der Waals surface area contributed by atoms with E-state index in [1.54, 1.807) is 11.8 Å². The highest BCUT2D eigenvalue weighted by Crippen LogP contribution is 2.21. The molecule has 3 aromatic rings. The third-order valence-corrected chi connectivity index (χ3v) is 6.06. The molecule has 2 heterocycles. The van der Waals surface area contributed by atoms with Crippen molar-refractivity contribution in [1.29, 1.82) is 0 Å². The number of fused-ring (bicyclic) bond motifs is 1. The van der Waals surface area contributed by atoms with Gasteiger partial charge in [0.15, 0.2) is 5.16 Å². The predicted octanol–water partition coefficient (Wildman–Crippen LogP) is 4.23. The number of aromatic nitrogens is 4. The van der Waals surface area contributed by atoms with Crippen molar-refractivity contribution in [3.05, 3.63) is 47.0 Å². The van der Waals surface area contributed by atoms with E-state index in [9.17, 15) is 4.79 Å². The van der Waals surface area contributed by atoms with Crippen molar-refractivity contribution in [3.8, 4) is 0 Å².